The molecule has 6 aromatic carbocycles. The Kier molecular flexibility index (Phi) is 10.1. The third-order valence-electron chi connectivity index (χ3n) is 13.3. The van der Waals surface area contributed by atoms with Crippen molar-refractivity contribution < 1.29 is 0 Å². The molecule has 2 aliphatic carbocycles. The molecular formula is C57H65N. The fraction of sp³-hybridized carbons (Fsp3) is 0.368. The smallest absolute Gasteiger partial charge is 0.0470 e. The molecule has 0 amide bonds. The number of benzene rings is 6. The van der Waals surface area contributed by atoms with Gasteiger partial charge >= 0.3 is 0 Å². The number of hydrogen-bond acceptors (Lipinski definition) is 1. The van der Waals surface area contributed by atoms with Crippen LogP contribution >= 0.6 is 0 Å². The standard InChI is InChI=1S/C57H65N/c1-54(2,3)44-21-17-20-40(31-44)41-30-42(33-45(32-41)55(4,5)6)43-34-46(56(7,8)9)36-49(35-43)58(47-26-24-39(25-27-47)38-18-13-12-14-19-38)48-28-29-51-50-22-15-16-23-52(50)57(10,11)53(51)37-48/h15-17,20-38H,12-14,18-19H2,1-11H3. The SMILES string of the molecule is CC(C)(C)c1cccc(-c2cc(-c3cc(N(c4ccc(C5CCCCC5)cc4)c4ccc5c(c4)C(C)(C)c4ccccc4-5)cc(C(C)(C)C)c3)cc(C(C)(C)C)c2)c1. The number of nitrogens with zero attached hydrogens (tertiary/aromatic N) is 1. The predicted molar refractivity (Wildman–Crippen MR) is 251 cm³/mol. The van der Waals surface area contributed by atoms with Crippen molar-refractivity contribution in [3.8, 4) is 33.4 Å². The normalized spacial score (nSPS) is 15.6. The Bertz CT molecular complexity index is 2450. The van der Waals surface area contributed by atoms with Crippen LogP contribution in [0.3, 0.4) is 0 Å². The molecule has 0 aromatic heterocycles. The molecule has 0 atom stereocenters. The van der Waals surface area contributed by atoms with Crippen molar-refractivity contribution in [2.75, 3.05) is 4.90 Å². The zero-order chi connectivity index (χ0) is 41.2. The summed E-state index contributed by atoms with van der Waals surface area (Å²) in [5, 5.41) is 0. The Hall–Kier alpha value is -4.88. The van der Waals surface area contributed by atoms with Crippen molar-refractivity contribution in [3.05, 3.63) is 161 Å². The van der Waals surface area contributed by atoms with Gasteiger partial charge in [-0.2, -0.15) is 0 Å². The van der Waals surface area contributed by atoms with E-state index in [2.05, 4.69) is 208 Å². The van der Waals surface area contributed by atoms with E-state index in [1.54, 1.807) is 0 Å². The van der Waals surface area contributed by atoms with Gasteiger partial charge in [0, 0.05) is 22.5 Å². The highest BCUT2D eigenvalue weighted by molar-refractivity contribution is 5.87. The van der Waals surface area contributed by atoms with Gasteiger partial charge in [0.1, 0.15) is 0 Å². The Labute approximate surface area is 350 Å². The van der Waals surface area contributed by atoms with Gasteiger partial charge in [-0.25, -0.2) is 0 Å². The summed E-state index contributed by atoms with van der Waals surface area (Å²) in [7, 11) is 0. The third kappa shape index (κ3) is 7.70. The Morgan fingerprint density at radius 1 is 0.431 bits per heavy atom. The van der Waals surface area contributed by atoms with Gasteiger partial charge < -0.3 is 4.90 Å². The van der Waals surface area contributed by atoms with Gasteiger partial charge in [0.15, 0.2) is 0 Å². The molecule has 1 saturated carbocycles. The molecule has 1 heteroatoms. The van der Waals surface area contributed by atoms with Crippen LogP contribution in [0, 0.1) is 0 Å². The first-order valence-corrected chi connectivity index (χ1v) is 21.9. The topological polar surface area (TPSA) is 3.24 Å². The van der Waals surface area contributed by atoms with E-state index in [1.165, 1.54) is 116 Å². The first-order valence-electron chi connectivity index (χ1n) is 21.9. The average molecular weight is 764 g/mol. The van der Waals surface area contributed by atoms with Crippen molar-refractivity contribution in [3.63, 3.8) is 0 Å². The minimum Gasteiger partial charge on any atom is -0.310 e. The van der Waals surface area contributed by atoms with E-state index in [-0.39, 0.29) is 21.7 Å². The van der Waals surface area contributed by atoms with Crippen LogP contribution in [0.1, 0.15) is 148 Å². The van der Waals surface area contributed by atoms with Gasteiger partial charge in [0.05, 0.1) is 0 Å². The highest BCUT2D eigenvalue weighted by Crippen LogP contribution is 2.51. The minimum atomic E-state index is -0.0923. The molecule has 0 N–H and O–H groups in total. The zero-order valence-electron chi connectivity index (χ0n) is 37.2. The van der Waals surface area contributed by atoms with Crippen LogP contribution in [0.5, 0.6) is 0 Å². The monoisotopic (exact) mass is 764 g/mol. The van der Waals surface area contributed by atoms with Gasteiger partial charge in [-0.05, 0) is 144 Å². The van der Waals surface area contributed by atoms with Gasteiger partial charge in [-0.3, -0.25) is 0 Å². The van der Waals surface area contributed by atoms with Gasteiger partial charge in [0.25, 0.3) is 0 Å². The van der Waals surface area contributed by atoms with E-state index in [9.17, 15) is 0 Å². The lowest BCUT2D eigenvalue weighted by Gasteiger charge is -2.31. The minimum absolute atomic E-state index is 0.0161. The zero-order valence-corrected chi connectivity index (χ0v) is 37.2. The van der Waals surface area contributed by atoms with Crippen LogP contribution in [0.4, 0.5) is 17.1 Å². The maximum absolute atomic E-state index is 2.53. The maximum atomic E-state index is 2.53. The maximum Gasteiger partial charge on any atom is 0.0470 e. The molecular weight excluding hydrogens is 699 g/mol. The van der Waals surface area contributed by atoms with Crippen LogP contribution in [0.2, 0.25) is 0 Å². The lowest BCUT2D eigenvalue weighted by atomic mass is 9.81. The summed E-state index contributed by atoms with van der Waals surface area (Å²) in [5.41, 5.74) is 19.6. The Morgan fingerprint density at radius 3 is 1.64 bits per heavy atom. The Balaban J connectivity index is 1.33. The second-order valence-corrected chi connectivity index (χ2v) is 21.1. The van der Waals surface area contributed by atoms with Crippen LogP contribution in [-0.2, 0) is 21.7 Å². The number of fused-ring (bicyclic) bond motifs is 3. The van der Waals surface area contributed by atoms with Crippen LogP contribution in [0.25, 0.3) is 33.4 Å². The van der Waals surface area contributed by atoms with Crippen LogP contribution < -0.4 is 4.90 Å². The van der Waals surface area contributed by atoms with Gasteiger partial charge in [-0.15, -0.1) is 0 Å². The van der Waals surface area contributed by atoms with E-state index in [0.29, 0.717) is 5.92 Å². The van der Waals surface area contributed by atoms with Crippen molar-refractivity contribution in [2.45, 2.75) is 136 Å². The number of hydrogen-bond donors (Lipinski definition) is 0. The fourth-order valence-electron chi connectivity index (χ4n) is 9.51. The summed E-state index contributed by atoms with van der Waals surface area (Å²) in [6.45, 7) is 25.8. The van der Waals surface area contributed by atoms with Gasteiger partial charge in [0.2, 0.25) is 0 Å². The first kappa shape index (κ1) is 39.9. The molecule has 0 radical (unpaired) electrons. The van der Waals surface area contributed by atoms with Gasteiger partial charge in [-0.1, -0.05) is 180 Å². The molecule has 0 aliphatic heterocycles. The lowest BCUT2D eigenvalue weighted by molar-refractivity contribution is 0.443. The van der Waals surface area contributed by atoms with Crippen molar-refractivity contribution in [2.24, 2.45) is 0 Å². The fourth-order valence-corrected chi connectivity index (χ4v) is 9.51. The summed E-state index contributed by atoms with van der Waals surface area (Å²) in [4.78, 5) is 2.53. The summed E-state index contributed by atoms with van der Waals surface area (Å²) in [5.74, 6) is 0.666. The third-order valence-corrected chi connectivity index (χ3v) is 13.3. The molecule has 0 unspecified atom stereocenters. The second kappa shape index (κ2) is 14.7. The van der Waals surface area contributed by atoms with E-state index in [0.717, 1.165) is 0 Å². The first-order chi connectivity index (χ1) is 27.4. The van der Waals surface area contributed by atoms with E-state index >= 15 is 0 Å². The summed E-state index contributed by atoms with van der Waals surface area (Å²) in [6.07, 6.45) is 6.66. The molecule has 0 heterocycles. The van der Waals surface area contributed by atoms with E-state index in [4.69, 9.17) is 0 Å². The summed E-state index contributed by atoms with van der Waals surface area (Å²) >= 11 is 0. The number of rotatable bonds is 6. The second-order valence-electron chi connectivity index (χ2n) is 21.1. The number of anilines is 3. The van der Waals surface area contributed by atoms with Crippen molar-refractivity contribution in [1.82, 2.24) is 0 Å². The average Bonchev–Trinajstić information content (AvgIpc) is 3.43. The summed E-state index contributed by atoms with van der Waals surface area (Å²) < 4.78 is 0. The molecule has 0 bridgehead atoms. The molecule has 0 saturated heterocycles. The molecule has 6 aromatic rings. The lowest BCUT2D eigenvalue weighted by Crippen LogP contribution is -2.17. The van der Waals surface area contributed by atoms with Crippen molar-refractivity contribution in [1.29, 1.82) is 0 Å². The highest BCUT2D eigenvalue weighted by atomic mass is 15.1. The van der Waals surface area contributed by atoms with E-state index < -0.39 is 0 Å². The molecule has 0 spiro atoms. The summed E-state index contributed by atoms with van der Waals surface area (Å²) in [6, 6.07) is 49.6. The van der Waals surface area contributed by atoms with Crippen LogP contribution in [-0.4, -0.2) is 0 Å². The highest BCUT2D eigenvalue weighted by Gasteiger charge is 2.36. The molecule has 8 rings (SSSR count). The largest absolute Gasteiger partial charge is 0.310 e. The molecule has 1 nitrogen and oxygen atoms in total. The quantitative estimate of drug-likeness (QED) is 0.163. The predicted octanol–water partition coefficient (Wildman–Crippen LogP) is 16.7. The molecule has 58 heavy (non-hydrogen) atoms. The molecule has 298 valence electrons. The Morgan fingerprint density at radius 2 is 0.983 bits per heavy atom. The van der Waals surface area contributed by atoms with Crippen molar-refractivity contribution >= 4 is 17.1 Å². The molecule has 2 aliphatic rings. The van der Waals surface area contributed by atoms with Crippen LogP contribution in [0.15, 0.2) is 127 Å². The molecule has 1 fully saturated rings. The van der Waals surface area contributed by atoms with E-state index in [1.807, 2.05) is 0 Å².